The first-order chi connectivity index (χ1) is 34.8. The van der Waals surface area contributed by atoms with E-state index in [9.17, 15) is 35.4 Å². The summed E-state index contributed by atoms with van der Waals surface area (Å²) in [6.07, 6.45) is 54.4. The van der Waals surface area contributed by atoms with Crippen LogP contribution in [0.5, 0.6) is 0 Å². The Hall–Kier alpha value is -1.37. The van der Waals surface area contributed by atoms with E-state index in [4.69, 9.17) is 9.47 Å². The number of rotatable bonds is 53. The fourth-order valence-electron chi connectivity index (χ4n) is 9.95. The summed E-state index contributed by atoms with van der Waals surface area (Å²) in [4.78, 5) is 13.1. The number of hydrogen-bond acceptors (Lipinski definition) is 9. The molecule has 1 amide bonds. The van der Waals surface area contributed by atoms with Gasteiger partial charge < -0.3 is 45.4 Å². The second kappa shape index (κ2) is 50.8. The van der Waals surface area contributed by atoms with Gasteiger partial charge in [-0.05, 0) is 32.1 Å². The molecule has 10 heteroatoms. The number of aliphatic hydroxyl groups excluding tert-OH is 6. The Balaban J connectivity index is 2.20. The summed E-state index contributed by atoms with van der Waals surface area (Å²) < 4.78 is 11.2. The summed E-state index contributed by atoms with van der Waals surface area (Å²) in [6, 6.07) is -0.995. The molecule has 0 aromatic rings. The van der Waals surface area contributed by atoms with Crippen molar-refractivity contribution >= 4 is 5.91 Å². The summed E-state index contributed by atoms with van der Waals surface area (Å²) in [5.74, 6) is -0.620. The summed E-state index contributed by atoms with van der Waals surface area (Å²) in [5.41, 5.74) is 0. The molecule has 1 heterocycles. The highest BCUT2D eigenvalue weighted by atomic mass is 16.7. The lowest BCUT2D eigenvalue weighted by Crippen LogP contribution is -2.60. The first kappa shape index (κ1) is 67.6. The summed E-state index contributed by atoms with van der Waals surface area (Å²) >= 11 is 0. The van der Waals surface area contributed by atoms with Crippen molar-refractivity contribution in [3.05, 3.63) is 24.3 Å². The molecule has 7 N–H and O–H groups in total. The van der Waals surface area contributed by atoms with Gasteiger partial charge in [0.1, 0.15) is 30.5 Å². The molecule has 8 atom stereocenters. The summed E-state index contributed by atoms with van der Waals surface area (Å²) in [6.45, 7) is 3.64. The predicted molar refractivity (Wildman–Crippen MR) is 296 cm³/mol. The Morgan fingerprint density at radius 2 is 0.831 bits per heavy atom. The largest absolute Gasteiger partial charge is 0.394 e. The zero-order chi connectivity index (χ0) is 51.7. The molecule has 0 aromatic heterocycles. The van der Waals surface area contributed by atoms with Crippen LogP contribution >= 0.6 is 0 Å². The molecule has 0 spiro atoms. The highest BCUT2D eigenvalue weighted by Crippen LogP contribution is 2.23. The third-order valence-electron chi connectivity index (χ3n) is 14.9. The molecule has 1 aliphatic rings. The van der Waals surface area contributed by atoms with Crippen molar-refractivity contribution in [1.82, 2.24) is 5.32 Å². The van der Waals surface area contributed by atoms with Crippen LogP contribution in [0, 0.1) is 0 Å². The van der Waals surface area contributed by atoms with Gasteiger partial charge in [-0.3, -0.25) is 4.79 Å². The molecular formula is C61H117NO9. The SMILES string of the molecule is CCCCCCCCCCCCC/C=C/CC/C=C/C(O)C(COC1OC(CO)C(O)C(O)C1O)NC(=O)C(O)CCCCCCCCCCCCCCCCCCCCCCCCCCCCCCC. The molecule has 0 radical (unpaired) electrons. The lowest BCUT2D eigenvalue weighted by molar-refractivity contribution is -0.302. The van der Waals surface area contributed by atoms with Gasteiger partial charge in [-0.1, -0.05) is 289 Å². The number of carbonyl (C=O) groups excluding carboxylic acids is 1. The predicted octanol–water partition coefficient (Wildman–Crippen LogP) is 14.3. The van der Waals surface area contributed by atoms with E-state index < -0.39 is 61.5 Å². The van der Waals surface area contributed by atoms with E-state index in [-0.39, 0.29) is 6.61 Å². The fourth-order valence-corrected chi connectivity index (χ4v) is 9.95. The molecule has 0 aliphatic carbocycles. The molecule has 1 aliphatic heterocycles. The summed E-state index contributed by atoms with van der Waals surface area (Å²) in [7, 11) is 0. The van der Waals surface area contributed by atoms with E-state index in [1.54, 1.807) is 6.08 Å². The zero-order valence-electron chi connectivity index (χ0n) is 46.4. The van der Waals surface area contributed by atoms with E-state index >= 15 is 0 Å². The highest BCUT2D eigenvalue weighted by Gasteiger charge is 2.44. The average molecular weight is 1010 g/mol. The smallest absolute Gasteiger partial charge is 0.249 e. The molecule has 420 valence electrons. The summed E-state index contributed by atoms with van der Waals surface area (Å²) in [5, 5.41) is 65.1. The second-order valence-corrected chi connectivity index (χ2v) is 21.6. The quantitative estimate of drug-likeness (QED) is 0.0232. The van der Waals surface area contributed by atoms with Crippen LogP contribution in [0.2, 0.25) is 0 Å². The van der Waals surface area contributed by atoms with Gasteiger partial charge in [-0.25, -0.2) is 0 Å². The maximum atomic E-state index is 13.1. The van der Waals surface area contributed by atoms with Crippen LogP contribution in [0.4, 0.5) is 0 Å². The zero-order valence-corrected chi connectivity index (χ0v) is 46.4. The number of nitrogens with one attached hydrogen (secondary N) is 1. The Morgan fingerprint density at radius 3 is 1.23 bits per heavy atom. The molecular weight excluding hydrogens is 891 g/mol. The first-order valence-electron chi connectivity index (χ1n) is 30.7. The number of ether oxygens (including phenoxy) is 2. The third kappa shape index (κ3) is 39.7. The maximum Gasteiger partial charge on any atom is 0.249 e. The molecule has 1 rings (SSSR count). The standard InChI is InChI=1S/C61H117NO9/c1-3-5-7-9-11-13-15-17-19-21-22-23-24-25-26-27-28-29-30-31-32-34-36-38-40-42-44-46-48-50-55(65)60(69)62-53(52-70-61-59(68)58(67)57(66)56(51-63)71-61)54(64)49-47-45-43-41-39-37-35-33-20-18-16-14-12-10-8-6-4-2/h39,41,47,49,53-59,61,63-68H,3-38,40,42-46,48,50-52H2,1-2H3,(H,62,69)/b41-39+,49-47+. The molecule has 1 saturated heterocycles. The molecule has 8 unspecified atom stereocenters. The van der Waals surface area contributed by atoms with E-state index in [0.29, 0.717) is 12.8 Å². The normalized spacial score (nSPS) is 19.8. The number of allylic oxidation sites excluding steroid dienone is 3. The number of carbonyl (C=O) groups is 1. The number of amides is 1. The van der Waals surface area contributed by atoms with E-state index in [2.05, 4.69) is 31.3 Å². The van der Waals surface area contributed by atoms with Crippen LogP contribution in [0.1, 0.15) is 296 Å². The van der Waals surface area contributed by atoms with Crippen LogP contribution in [-0.4, -0.2) is 98.7 Å². The highest BCUT2D eigenvalue weighted by molar-refractivity contribution is 5.80. The Labute approximate surface area is 437 Å². The molecule has 10 nitrogen and oxygen atoms in total. The topological polar surface area (TPSA) is 169 Å². The van der Waals surface area contributed by atoms with Gasteiger partial charge in [0.2, 0.25) is 5.91 Å². The van der Waals surface area contributed by atoms with E-state index in [0.717, 1.165) is 38.5 Å². The van der Waals surface area contributed by atoms with Crippen molar-refractivity contribution in [3.63, 3.8) is 0 Å². The lowest BCUT2D eigenvalue weighted by atomic mass is 9.99. The van der Waals surface area contributed by atoms with Crippen LogP contribution in [0.15, 0.2) is 24.3 Å². The van der Waals surface area contributed by atoms with E-state index in [1.807, 2.05) is 6.08 Å². The second-order valence-electron chi connectivity index (χ2n) is 21.6. The minimum absolute atomic E-state index is 0.309. The minimum atomic E-state index is -1.61. The Kier molecular flexibility index (Phi) is 48.4. The number of aliphatic hydroxyl groups is 6. The monoisotopic (exact) mass is 1010 g/mol. The first-order valence-corrected chi connectivity index (χ1v) is 30.7. The van der Waals surface area contributed by atoms with Crippen molar-refractivity contribution in [3.8, 4) is 0 Å². The van der Waals surface area contributed by atoms with Crippen molar-refractivity contribution in [2.45, 2.75) is 345 Å². The molecule has 71 heavy (non-hydrogen) atoms. The fraction of sp³-hybridized carbons (Fsp3) is 0.918. The van der Waals surface area contributed by atoms with Crippen LogP contribution in [0.25, 0.3) is 0 Å². The van der Waals surface area contributed by atoms with Gasteiger partial charge in [0, 0.05) is 0 Å². The van der Waals surface area contributed by atoms with Crippen molar-refractivity contribution < 1.29 is 44.9 Å². The van der Waals surface area contributed by atoms with Crippen LogP contribution < -0.4 is 5.32 Å². The van der Waals surface area contributed by atoms with Gasteiger partial charge >= 0.3 is 0 Å². The Morgan fingerprint density at radius 1 is 0.479 bits per heavy atom. The van der Waals surface area contributed by atoms with Crippen molar-refractivity contribution in [2.75, 3.05) is 13.2 Å². The van der Waals surface area contributed by atoms with Crippen molar-refractivity contribution in [2.24, 2.45) is 0 Å². The number of hydrogen-bond donors (Lipinski definition) is 7. The van der Waals surface area contributed by atoms with Gasteiger partial charge in [0.15, 0.2) is 6.29 Å². The third-order valence-corrected chi connectivity index (χ3v) is 14.9. The van der Waals surface area contributed by atoms with Gasteiger partial charge in [-0.2, -0.15) is 0 Å². The molecule has 1 fully saturated rings. The molecule has 0 aromatic carbocycles. The number of unbranched alkanes of at least 4 members (excludes halogenated alkanes) is 40. The molecule has 0 bridgehead atoms. The van der Waals surface area contributed by atoms with Crippen molar-refractivity contribution in [1.29, 1.82) is 0 Å². The average Bonchev–Trinajstić information content (AvgIpc) is 3.37. The van der Waals surface area contributed by atoms with Gasteiger partial charge in [-0.15, -0.1) is 0 Å². The lowest BCUT2D eigenvalue weighted by Gasteiger charge is -2.40. The molecule has 0 saturated carbocycles. The van der Waals surface area contributed by atoms with Gasteiger partial charge in [0.25, 0.3) is 0 Å². The Bertz CT molecular complexity index is 1190. The minimum Gasteiger partial charge on any atom is -0.394 e. The van der Waals surface area contributed by atoms with Crippen LogP contribution in [-0.2, 0) is 14.3 Å². The van der Waals surface area contributed by atoms with E-state index in [1.165, 1.54) is 231 Å². The van der Waals surface area contributed by atoms with Gasteiger partial charge in [0.05, 0.1) is 25.4 Å². The maximum absolute atomic E-state index is 13.1. The van der Waals surface area contributed by atoms with Crippen LogP contribution in [0.3, 0.4) is 0 Å².